The Morgan fingerprint density at radius 3 is 2.46 bits per heavy atom. The van der Waals surface area contributed by atoms with Gasteiger partial charge in [0.15, 0.2) is 5.96 Å². The minimum atomic E-state index is 0. The van der Waals surface area contributed by atoms with Crippen molar-refractivity contribution in [1.29, 1.82) is 0 Å². The van der Waals surface area contributed by atoms with Crippen molar-refractivity contribution < 1.29 is 9.53 Å². The summed E-state index contributed by atoms with van der Waals surface area (Å²) in [4.78, 5) is 16.4. The smallest absolute Gasteiger partial charge is 0.223 e. The fourth-order valence-electron chi connectivity index (χ4n) is 3.51. The Hall–Kier alpha value is -1.51. The number of rotatable bonds is 8. The molecule has 0 bridgehead atoms. The second-order valence-electron chi connectivity index (χ2n) is 7.12. The highest BCUT2D eigenvalue weighted by atomic mass is 127. The van der Waals surface area contributed by atoms with Crippen LogP contribution in [-0.4, -0.2) is 45.7 Å². The Bertz CT molecular complexity index is 631. The second kappa shape index (κ2) is 13.6. The number of ether oxygens (including phenoxy) is 1. The van der Waals surface area contributed by atoms with E-state index in [-0.39, 0.29) is 35.8 Å². The summed E-state index contributed by atoms with van der Waals surface area (Å²) < 4.78 is 5.42. The number of carbonyl (C=O) groups excluding carboxylic acids is 1. The van der Waals surface area contributed by atoms with E-state index in [0.717, 1.165) is 37.5 Å². The summed E-state index contributed by atoms with van der Waals surface area (Å²) in [6, 6.07) is 6.21. The fraction of sp³-hybridized carbons (Fsp3) is 0.619. The van der Waals surface area contributed by atoms with Crippen molar-refractivity contribution in [3.05, 3.63) is 29.3 Å². The molecule has 7 heteroatoms. The number of aryl methyl sites for hydroxylation is 1. The van der Waals surface area contributed by atoms with Gasteiger partial charge in [0.2, 0.25) is 5.91 Å². The number of hydrogen-bond acceptors (Lipinski definition) is 3. The number of carbonyl (C=O) groups is 1. The Balaban J connectivity index is 0.00000392. The summed E-state index contributed by atoms with van der Waals surface area (Å²) in [6.45, 7) is 4.11. The average Bonchev–Trinajstić information content (AvgIpc) is 2.70. The molecule has 3 N–H and O–H groups in total. The van der Waals surface area contributed by atoms with E-state index in [1.54, 1.807) is 14.2 Å². The number of nitrogens with one attached hydrogen (secondary N) is 3. The van der Waals surface area contributed by atoms with E-state index >= 15 is 0 Å². The summed E-state index contributed by atoms with van der Waals surface area (Å²) in [5.74, 6) is 2.07. The highest BCUT2D eigenvalue weighted by Gasteiger charge is 2.20. The van der Waals surface area contributed by atoms with E-state index in [1.165, 1.54) is 30.4 Å². The Morgan fingerprint density at radius 1 is 1.11 bits per heavy atom. The first-order valence-corrected chi connectivity index (χ1v) is 9.99. The van der Waals surface area contributed by atoms with E-state index in [0.29, 0.717) is 13.1 Å². The zero-order chi connectivity index (χ0) is 19.5. The third kappa shape index (κ3) is 8.24. The van der Waals surface area contributed by atoms with E-state index in [1.807, 2.05) is 6.07 Å². The van der Waals surface area contributed by atoms with Crippen LogP contribution < -0.4 is 20.7 Å². The monoisotopic (exact) mass is 502 g/mol. The molecule has 1 amide bonds. The molecule has 0 atom stereocenters. The van der Waals surface area contributed by atoms with Gasteiger partial charge in [0.1, 0.15) is 5.75 Å². The number of hydrogen-bond donors (Lipinski definition) is 3. The van der Waals surface area contributed by atoms with Gasteiger partial charge in [-0.1, -0.05) is 37.0 Å². The Labute approximate surface area is 186 Å². The lowest BCUT2D eigenvalue weighted by Crippen LogP contribution is -2.43. The predicted molar refractivity (Wildman–Crippen MR) is 126 cm³/mol. The molecule has 1 aromatic carbocycles. The van der Waals surface area contributed by atoms with Crippen molar-refractivity contribution >= 4 is 35.8 Å². The molecule has 0 saturated heterocycles. The molecule has 1 aliphatic rings. The van der Waals surface area contributed by atoms with Crippen LogP contribution in [0.4, 0.5) is 0 Å². The normalized spacial score (nSPS) is 14.8. The maximum absolute atomic E-state index is 12.1. The van der Waals surface area contributed by atoms with Gasteiger partial charge in [-0.15, -0.1) is 24.0 Å². The molecule has 1 aromatic rings. The number of halogens is 1. The van der Waals surface area contributed by atoms with Crippen molar-refractivity contribution in [3.63, 3.8) is 0 Å². The molecule has 2 rings (SSSR count). The van der Waals surface area contributed by atoms with Gasteiger partial charge in [-0.05, 0) is 37.8 Å². The third-order valence-electron chi connectivity index (χ3n) is 5.04. The summed E-state index contributed by atoms with van der Waals surface area (Å²) in [5.41, 5.74) is 2.40. The van der Waals surface area contributed by atoms with Crippen LogP contribution in [-0.2, 0) is 11.2 Å². The van der Waals surface area contributed by atoms with Gasteiger partial charge < -0.3 is 20.7 Å². The molecule has 6 nitrogen and oxygen atoms in total. The molecular formula is C21H35IN4O2. The van der Waals surface area contributed by atoms with Crippen molar-refractivity contribution in [2.24, 2.45) is 10.9 Å². The largest absolute Gasteiger partial charge is 0.496 e. The quantitative estimate of drug-likeness (QED) is 0.221. The summed E-state index contributed by atoms with van der Waals surface area (Å²) in [5, 5.41) is 9.59. The topological polar surface area (TPSA) is 74.8 Å². The molecule has 0 aliphatic heterocycles. The molecule has 1 saturated carbocycles. The van der Waals surface area contributed by atoms with Crippen LogP contribution in [0.1, 0.15) is 43.2 Å². The molecule has 28 heavy (non-hydrogen) atoms. The first kappa shape index (κ1) is 24.5. The lowest BCUT2D eigenvalue weighted by atomic mass is 9.89. The van der Waals surface area contributed by atoms with Crippen molar-refractivity contribution in [2.75, 3.05) is 33.8 Å². The number of nitrogens with zero attached hydrogens (tertiary/aromatic N) is 1. The maximum Gasteiger partial charge on any atom is 0.223 e. The van der Waals surface area contributed by atoms with Gasteiger partial charge in [-0.3, -0.25) is 9.79 Å². The standard InChI is InChI=1S/C21H34N4O2.HI/c1-16-9-10-19(27-3)18(15-16)11-12-24-21(22-2)25-14-13-23-20(26)17-7-5-4-6-8-17;/h9-10,15,17H,4-8,11-14H2,1-3H3,(H,23,26)(H2,22,24,25);1H. The zero-order valence-electron chi connectivity index (χ0n) is 17.3. The van der Waals surface area contributed by atoms with Crippen molar-refractivity contribution in [2.45, 2.75) is 45.4 Å². The molecule has 0 unspecified atom stereocenters. The number of guanidine groups is 1. The van der Waals surface area contributed by atoms with Crippen LogP contribution in [0.3, 0.4) is 0 Å². The average molecular weight is 502 g/mol. The lowest BCUT2D eigenvalue weighted by Gasteiger charge is -2.21. The molecule has 0 heterocycles. The van der Waals surface area contributed by atoms with Crippen LogP contribution in [0.5, 0.6) is 5.75 Å². The lowest BCUT2D eigenvalue weighted by molar-refractivity contribution is -0.125. The SMILES string of the molecule is CN=C(NCCNC(=O)C1CCCCC1)NCCc1cc(C)ccc1OC.I. The number of benzene rings is 1. The first-order valence-electron chi connectivity index (χ1n) is 9.99. The molecule has 0 spiro atoms. The highest BCUT2D eigenvalue weighted by Crippen LogP contribution is 2.23. The van der Waals surface area contributed by atoms with Crippen molar-refractivity contribution in [3.8, 4) is 5.75 Å². The van der Waals surface area contributed by atoms with Crippen LogP contribution in [0.25, 0.3) is 0 Å². The number of methoxy groups -OCH3 is 1. The van der Waals surface area contributed by atoms with E-state index in [2.05, 4.69) is 40.0 Å². The van der Waals surface area contributed by atoms with Gasteiger partial charge in [-0.25, -0.2) is 0 Å². The molecule has 0 aromatic heterocycles. The van der Waals surface area contributed by atoms with Gasteiger partial charge in [0.05, 0.1) is 7.11 Å². The minimum absolute atomic E-state index is 0. The molecular weight excluding hydrogens is 467 g/mol. The Morgan fingerprint density at radius 2 is 1.79 bits per heavy atom. The fourth-order valence-corrected chi connectivity index (χ4v) is 3.51. The summed E-state index contributed by atoms with van der Waals surface area (Å²) in [7, 11) is 3.45. The van der Waals surface area contributed by atoms with E-state index in [9.17, 15) is 4.79 Å². The van der Waals surface area contributed by atoms with Gasteiger partial charge in [0.25, 0.3) is 0 Å². The van der Waals surface area contributed by atoms with Crippen LogP contribution in [0.15, 0.2) is 23.2 Å². The summed E-state index contributed by atoms with van der Waals surface area (Å²) in [6.07, 6.45) is 6.54. The highest BCUT2D eigenvalue weighted by molar-refractivity contribution is 14.0. The Kier molecular flexibility index (Phi) is 11.9. The molecule has 158 valence electrons. The first-order chi connectivity index (χ1) is 13.1. The molecule has 1 aliphatic carbocycles. The maximum atomic E-state index is 12.1. The van der Waals surface area contributed by atoms with Gasteiger partial charge in [0, 0.05) is 32.6 Å². The van der Waals surface area contributed by atoms with Crippen LogP contribution in [0, 0.1) is 12.8 Å². The zero-order valence-corrected chi connectivity index (χ0v) is 19.7. The minimum Gasteiger partial charge on any atom is -0.496 e. The predicted octanol–water partition coefficient (Wildman–Crippen LogP) is 3.03. The van der Waals surface area contributed by atoms with Gasteiger partial charge >= 0.3 is 0 Å². The van der Waals surface area contributed by atoms with E-state index in [4.69, 9.17) is 4.74 Å². The number of amides is 1. The van der Waals surface area contributed by atoms with Crippen molar-refractivity contribution in [1.82, 2.24) is 16.0 Å². The van der Waals surface area contributed by atoms with Gasteiger partial charge in [-0.2, -0.15) is 0 Å². The third-order valence-corrected chi connectivity index (χ3v) is 5.04. The number of aliphatic imine (C=N–C) groups is 1. The van der Waals surface area contributed by atoms with Crippen LogP contribution >= 0.6 is 24.0 Å². The second-order valence-corrected chi connectivity index (χ2v) is 7.12. The summed E-state index contributed by atoms with van der Waals surface area (Å²) >= 11 is 0. The molecule has 0 radical (unpaired) electrons. The van der Waals surface area contributed by atoms with Crippen LogP contribution in [0.2, 0.25) is 0 Å². The molecule has 1 fully saturated rings. The van der Waals surface area contributed by atoms with E-state index < -0.39 is 0 Å².